The van der Waals surface area contributed by atoms with E-state index in [1.165, 1.54) is 12.5 Å². The summed E-state index contributed by atoms with van der Waals surface area (Å²) in [5.74, 6) is 0.0241. The normalized spacial score (nSPS) is 14.7. The summed E-state index contributed by atoms with van der Waals surface area (Å²) >= 11 is 0. The van der Waals surface area contributed by atoms with Crippen molar-refractivity contribution < 1.29 is 14.0 Å². The molecule has 0 atom stereocenters. The van der Waals surface area contributed by atoms with Crippen molar-refractivity contribution in [1.29, 1.82) is 0 Å². The highest BCUT2D eigenvalue weighted by atomic mass is 16.3. The lowest BCUT2D eigenvalue weighted by Crippen LogP contribution is -2.46. The summed E-state index contributed by atoms with van der Waals surface area (Å²) in [6.07, 6.45) is 9.34. The third kappa shape index (κ3) is 4.74. The number of hydrogen-bond donors (Lipinski definition) is 1. The highest BCUT2D eigenvalue weighted by Gasteiger charge is 2.25. The number of amides is 2. The molecule has 3 heterocycles. The van der Waals surface area contributed by atoms with Crippen LogP contribution in [0.25, 0.3) is 5.69 Å². The van der Waals surface area contributed by atoms with Gasteiger partial charge in [0.2, 0.25) is 5.91 Å². The Morgan fingerprint density at radius 2 is 1.93 bits per heavy atom. The minimum atomic E-state index is -0.0149. The van der Waals surface area contributed by atoms with Crippen LogP contribution in [0.1, 0.15) is 35.2 Å². The first-order chi connectivity index (χ1) is 14.2. The molecule has 1 aliphatic heterocycles. The largest absolute Gasteiger partial charge is 0.472 e. The number of nitrogens with zero attached hydrogens (tertiary/aromatic N) is 3. The van der Waals surface area contributed by atoms with Crippen LogP contribution in [-0.2, 0) is 11.2 Å². The Bertz CT molecular complexity index is 942. The Morgan fingerprint density at radius 1 is 1.14 bits per heavy atom. The van der Waals surface area contributed by atoms with Gasteiger partial charge in [0.15, 0.2) is 0 Å². The zero-order chi connectivity index (χ0) is 20.1. The summed E-state index contributed by atoms with van der Waals surface area (Å²) in [7, 11) is 0. The molecular weight excluding hydrogens is 368 g/mol. The third-order valence-corrected chi connectivity index (χ3v) is 5.21. The van der Waals surface area contributed by atoms with Gasteiger partial charge < -0.3 is 14.6 Å². The Hall–Kier alpha value is -3.35. The molecule has 150 valence electrons. The lowest BCUT2D eigenvalue weighted by molar-refractivity contribution is -0.122. The third-order valence-electron chi connectivity index (χ3n) is 5.21. The number of carbonyl (C=O) groups excluding carboxylic acids is 2. The number of piperidine rings is 1. The predicted molar refractivity (Wildman–Crippen MR) is 108 cm³/mol. The zero-order valence-electron chi connectivity index (χ0n) is 16.2. The summed E-state index contributed by atoms with van der Waals surface area (Å²) in [5, 5.41) is 7.47. The number of aromatic nitrogens is 2. The Labute approximate surface area is 169 Å². The Balaban J connectivity index is 1.21. The van der Waals surface area contributed by atoms with Crippen LogP contribution in [0.2, 0.25) is 0 Å². The molecule has 0 aliphatic carbocycles. The molecule has 7 nitrogen and oxygen atoms in total. The number of hydrogen-bond acceptors (Lipinski definition) is 4. The molecule has 1 N–H and O–H groups in total. The summed E-state index contributed by atoms with van der Waals surface area (Å²) in [4.78, 5) is 26.5. The first kappa shape index (κ1) is 19.0. The van der Waals surface area contributed by atoms with Gasteiger partial charge in [-0.2, -0.15) is 5.10 Å². The SMILES string of the molecule is O=C(CCc1cnn(-c2ccccc2)c1)NC1CCN(C(=O)c2ccoc2)CC1. The van der Waals surface area contributed by atoms with E-state index < -0.39 is 0 Å². The van der Waals surface area contributed by atoms with Crippen LogP contribution in [-0.4, -0.2) is 45.6 Å². The van der Waals surface area contributed by atoms with Gasteiger partial charge in [0, 0.05) is 31.7 Å². The Kier molecular flexibility index (Phi) is 5.74. The molecular formula is C22H24N4O3. The molecule has 0 bridgehead atoms. The molecule has 1 aliphatic rings. The van der Waals surface area contributed by atoms with Gasteiger partial charge in [0.1, 0.15) is 6.26 Å². The van der Waals surface area contributed by atoms with Crippen LogP contribution < -0.4 is 5.32 Å². The van der Waals surface area contributed by atoms with Crippen molar-refractivity contribution in [2.75, 3.05) is 13.1 Å². The van der Waals surface area contributed by atoms with E-state index in [1.807, 2.05) is 46.1 Å². The molecule has 4 rings (SSSR count). The van der Waals surface area contributed by atoms with E-state index in [9.17, 15) is 9.59 Å². The van der Waals surface area contributed by atoms with E-state index in [0.29, 0.717) is 31.5 Å². The molecule has 0 radical (unpaired) electrons. The van der Waals surface area contributed by atoms with E-state index in [-0.39, 0.29) is 17.9 Å². The quantitative estimate of drug-likeness (QED) is 0.700. The van der Waals surface area contributed by atoms with Gasteiger partial charge in [-0.05, 0) is 43.0 Å². The van der Waals surface area contributed by atoms with Gasteiger partial charge >= 0.3 is 0 Å². The fourth-order valence-electron chi connectivity index (χ4n) is 3.56. The predicted octanol–water partition coefficient (Wildman–Crippen LogP) is 2.82. The fourth-order valence-corrected chi connectivity index (χ4v) is 3.56. The van der Waals surface area contributed by atoms with Crippen molar-refractivity contribution in [2.24, 2.45) is 0 Å². The maximum absolute atomic E-state index is 12.3. The van der Waals surface area contributed by atoms with Crippen LogP contribution in [0.4, 0.5) is 0 Å². The molecule has 29 heavy (non-hydrogen) atoms. The highest BCUT2D eigenvalue weighted by Crippen LogP contribution is 2.15. The maximum atomic E-state index is 12.3. The molecule has 0 spiro atoms. The summed E-state index contributed by atoms with van der Waals surface area (Å²) in [5.41, 5.74) is 2.60. The summed E-state index contributed by atoms with van der Waals surface area (Å²) in [6, 6.07) is 11.7. The number of carbonyl (C=O) groups is 2. The van der Waals surface area contributed by atoms with E-state index in [2.05, 4.69) is 10.4 Å². The number of nitrogens with one attached hydrogen (secondary N) is 1. The van der Waals surface area contributed by atoms with Gasteiger partial charge in [0.25, 0.3) is 5.91 Å². The molecule has 2 amide bonds. The molecule has 0 unspecified atom stereocenters. The molecule has 3 aromatic rings. The topological polar surface area (TPSA) is 80.4 Å². The number of aryl methyl sites for hydroxylation is 1. The number of likely N-dealkylation sites (tertiary alicyclic amines) is 1. The molecule has 1 aromatic carbocycles. The van der Waals surface area contributed by atoms with Crippen molar-refractivity contribution in [3.8, 4) is 5.69 Å². The number of benzene rings is 1. The standard InChI is InChI=1S/C22H24N4O3/c27-21(7-6-17-14-23-26(15-17)20-4-2-1-3-5-20)24-19-8-11-25(12-9-19)22(28)18-10-13-29-16-18/h1-5,10,13-16,19H,6-9,11-12H2,(H,24,27). The smallest absolute Gasteiger partial charge is 0.257 e. The van der Waals surface area contributed by atoms with E-state index in [1.54, 1.807) is 12.3 Å². The summed E-state index contributed by atoms with van der Waals surface area (Å²) in [6.45, 7) is 1.28. The molecule has 2 aromatic heterocycles. The van der Waals surface area contributed by atoms with Gasteiger partial charge in [-0.1, -0.05) is 18.2 Å². The van der Waals surface area contributed by atoms with Crippen molar-refractivity contribution in [3.05, 3.63) is 72.4 Å². The zero-order valence-corrected chi connectivity index (χ0v) is 16.2. The minimum Gasteiger partial charge on any atom is -0.472 e. The van der Waals surface area contributed by atoms with Gasteiger partial charge in [-0.15, -0.1) is 0 Å². The maximum Gasteiger partial charge on any atom is 0.257 e. The number of para-hydroxylation sites is 1. The van der Waals surface area contributed by atoms with Crippen LogP contribution in [0.5, 0.6) is 0 Å². The van der Waals surface area contributed by atoms with Crippen LogP contribution in [0.3, 0.4) is 0 Å². The first-order valence-corrected chi connectivity index (χ1v) is 9.89. The molecule has 1 saturated heterocycles. The van der Waals surface area contributed by atoms with E-state index in [0.717, 1.165) is 24.1 Å². The molecule has 0 saturated carbocycles. The number of furan rings is 1. The van der Waals surface area contributed by atoms with Gasteiger partial charge in [-0.25, -0.2) is 4.68 Å². The van der Waals surface area contributed by atoms with Gasteiger partial charge in [-0.3, -0.25) is 9.59 Å². The monoisotopic (exact) mass is 392 g/mol. The molecule has 1 fully saturated rings. The second-order valence-electron chi connectivity index (χ2n) is 7.27. The first-order valence-electron chi connectivity index (χ1n) is 9.89. The van der Waals surface area contributed by atoms with E-state index >= 15 is 0 Å². The lowest BCUT2D eigenvalue weighted by atomic mass is 10.0. The van der Waals surface area contributed by atoms with E-state index in [4.69, 9.17) is 4.42 Å². The molecule has 7 heteroatoms. The second-order valence-corrected chi connectivity index (χ2v) is 7.27. The minimum absolute atomic E-state index is 0.0149. The second kappa shape index (κ2) is 8.77. The fraction of sp³-hybridized carbons (Fsp3) is 0.318. The van der Waals surface area contributed by atoms with Crippen molar-refractivity contribution >= 4 is 11.8 Å². The highest BCUT2D eigenvalue weighted by molar-refractivity contribution is 5.93. The lowest BCUT2D eigenvalue weighted by Gasteiger charge is -2.32. The summed E-state index contributed by atoms with van der Waals surface area (Å²) < 4.78 is 6.80. The van der Waals surface area contributed by atoms with Crippen LogP contribution in [0, 0.1) is 0 Å². The van der Waals surface area contributed by atoms with Gasteiger partial charge in [0.05, 0.1) is 23.7 Å². The van der Waals surface area contributed by atoms with Crippen LogP contribution >= 0.6 is 0 Å². The van der Waals surface area contributed by atoms with Crippen molar-refractivity contribution in [2.45, 2.75) is 31.7 Å². The number of rotatable bonds is 6. The van der Waals surface area contributed by atoms with Crippen molar-refractivity contribution in [3.63, 3.8) is 0 Å². The average molecular weight is 392 g/mol. The van der Waals surface area contributed by atoms with Crippen molar-refractivity contribution in [1.82, 2.24) is 20.0 Å². The Morgan fingerprint density at radius 3 is 2.66 bits per heavy atom. The van der Waals surface area contributed by atoms with Crippen LogP contribution in [0.15, 0.2) is 65.7 Å². The average Bonchev–Trinajstić information content (AvgIpc) is 3.45.